The summed E-state index contributed by atoms with van der Waals surface area (Å²) in [6.45, 7) is 1.40. The molecular formula is C32H28N4O4S. The lowest BCUT2D eigenvalue weighted by Gasteiger charge is -2.22. The molecular weight excluding hydrogens is 536 g/mol. The van der Waals surface area contributed by atoms with Crippen LogP contribution in [0.3, 0.4) is 0 Å². The lowest BCUT2D eigenvalue weighted by molar-refractivity contribution is -0.114. The van der Waals surface area contributed by atoms with Crippen LogP contribution in [0.25, 0.3) is 11.3 Å². The van der Waals surface area contributed by atoms with E-state index in [1.165, 1.54) is 74.1 Å². The summed E-state index contributed by atoms with van der Waals surface area (Å²) in [5.41, 5.74) is 4.72. The molecule has 9 heteroatoms. The van der Waals surface area contributed by atoms with E-state index in [9.17, 15) is 19.2 Å². The van der Waals surface area contributed by atoms with Gasteiger partial charge in [0, 0.05) is 29.1 Å². The molecule has 206 valence electrons. The second kappa shape index (κ2) is 11.1. The molecule has 0 bridgehead atoms. The number of thiazole rings is 1. The van der Waals surface area contributed by atoms with E-state index in [2.05, 4.69) is 39.9 Å². The van der Waals surface area contributed by atoms with Gasteiger partial charge >= 0.3 is 0 Å². The highest BCUT2D eigenvalue weighted by Crippen LogP contribution is 2.34. The first-order valence-corrected chi connectivity index (χ1v) is 14.5. The fraction of sp³-hybridized carbons (Fsp3) is 0.219. The molecule has 0 spiro atoms. The summed E-state index contributed by atoms with van der Waals surface area (Å²) < 4.78 is 0. The summed E-state index contributed by atoms with van der Waals surface area (Å²) in [5, 5.41) is 7.83. The van der Waals surface area contributed by atoms with Crippen molar-refractivity contribution in [1.29, 1.82) is 0 Å². The summed E-state index contributed by atoms with van der Waals surface area (Å²) in [6, 6.07) is 19.4. The zero-order valence-electron chi connectivity index (χ0n) is 22.5. The molecule has 0 saturated heterocycles. The van der Waals surface area contributed by atoms with E-state index in [4.69, 9.17) is 0 Å². The molecule has 0 atom stereocenters. The van der Waals surface area contributed by atoms with Crippen LogP contribution >= 0.6 is 11.3 Å². The highest BCUT2D eigenvalue weighted by molar-refractivity contribution is 7.14. The molecule has 1 fully saturated rings. The minimum absolute atomic E-state index is 0.159. The van der Waals surface area contributed by atoms with E-state index < -0.39 is 17.7 Å². The minimum atomic E-state index is -0.514. The molecule has 4 aromatic rings. The van der Waals surface area contributed by atoms with Crippen LogP contribution in [-0.4, -0.2) is 28.6 Å². The first-order valence-electron chi connectivity index (χ1n) is 13.6. The number of amides is 4. The number of hydrogen-bond donors (Lipinski definition) is 2. The van der Waals surface area contributed by atoms with Gasteiger partial charge in [-0.3, -0.25) is 24.5 Å². The summed E-state index contributed by atoms with van der Waals surface area (Å²) in [5.74, 6) is -0.981. The van der Waals surface area contributed by atoms with Crippen molar-refractivity contribution >= 4 is 51.5 Å². The van der Waals surface area contributed by atoms with Crippen LogP contribution in [0.5, 0.6) is 0 Å². The van der Waals surface area contributed by atoms with E-state index in [0.29, 0.717) is 22.4 Å². The first-order chi connectivity index (χ1) is 19.9. The Morgan fingerprint density at radius 2 is 1.56 bits per heavy atom. The van der Waals surface area contributed by atoms with Gasteiger partial charge in [-0.15, -0.1) is 11.3 Å². The fourth-order valence-corrected chi connectivity index (χ4v) is 6.22. The van der Waals surface area contributed by atoms with Crippen molar-refractivity contribution in [3.8, 4) is 11.3 Å². The standard InChI is InChI=1S/C32H28N4O4S/c1-19(37)33-24-12-14-25(15-13-24)36-30(39)26-16-11-23(17-27(26)31(36)40)29(38)35-32-34-28(18-41-32)22-9-7-21(8-10-22)20-5-3-2-4-6-20/h7-18,20H,2-6H2,1H3,(H,33,37)(H,34,35,38). The van der Waals surface area contributed by atoms with Gasteiger partial charge in [0.1, 0.15) is 0 Å². The average molecular weight is 565 g/mol. The molecule has 2 heterocycles. The number of benzene rings is 3. The minimum Gasteiger partial charge on any atom is -0.326 e. The van der Waals surface area contributed by atoms with Crippen LogP contribution in [0.2, 0.25) is 0 Å². The van der Waals surface area contributed by atoms with Gasteiger partial charge in [0.15, 0.2) is 5.13 Å². The predicted molar refractivity (Wildman–Crippen MR) is 160 cm³/mol. The van der Waals surface area contributed by atoms with Crippen LogP contribution in [0.1, 0.15) is 81.6 Å². The van der Waals surface area contributed by atoms with E-state index in [-0.39, 0.29) is 22.6 Å². The zero-order chi connectivity index (χ0) is 28.5. The second-order valence-corrected chi connectivity index (χ2v) is 11.2. The maximum atomic E-state index is 13.2. The Hall–Kier alpha value is -4.63. The Morgan fingerprint density at radius 1 is 0.854 bits per heavy atom. The van der Waals surface area contributed by atoms with Crippen molar-refractivity contribution in [2.75, 3.05) is 15.5 Å². The normalized spacial score (nSPS) is 15.1. The maximum Gasteiger partial charge on any atom is 0.266 e. The van der Waals surface area contributed by atoms with Crippen molar-refractivity contribution in [1.82, 2.24) is 4.98 Å². The Labute approximate surface area is 241 Å². The van der Waals surface area contributed by atoms with Crippen LogP contribution in [0, 0.1) is 0 Å². The number of carbonyl (C=O) groups excluding carboxylic acids is 4. The van der Waals surface area contributed by atoms with Crippen molar-refractivity contribution in [3.05, 3.63) is 94.4 Å². The number of aromatic nitrogens is 1. The van der Waals surface area contributed by atoms with Gasteiger partial charge in [-0.1, -0.05) is 43.5 Å². The van der Waals surface area contributed by atoms with Crippen LogP contribution in [-0.2, 0) is 4.79 Å². The third-order valence-corrected chi connectivity index (χ3v) is 8.36. The van der Waals surface area contributed by atoms with Gasteiger partial charge < -0.3 is 5.32 Å². The van der Waals surface area contributed by atoms with Gasteiger partial charge in [-0.25, -0.2) is 9.88 Å². The Kier molecular flexibility index (Phi) is 7.19. The van der Waals surface area contributed by atoms with Crippen molar-refractivity contribution < 1.29 is 19.2 Å². The van der Waals surface area contributed by atoms with Crippen LogP contribution < -0.4 is 15.5 Å². The SMILES string of the molecule is CC(=O)Nc1ccc(N2C(=O)c3ccc(C(=O)Nc4nc(-c5ccc(C6CCCCC6)cc5)cs4)cc3C2=O)cc1. The molecule has 2 aliphatic rings. The topological polar surface area (TPSA) is 108 Å². The second-order valence-electron chi connectivity index (χ2n) is 10.4. The Bertz CT molecular complexity index is 1650. The van der Waals surface area contributed by atoms with Gasteiger partial charge in [0.05, 0.1) is 22.5 Å². The first kappa shape index (κ1) is 26.6. The lowest BCUT2D eigenvalue weighted by Crippen LogP contribution is -2.29. The highest BCUT2D eigenvalue weighted by atomic mass is 32.1. The number of rotatable bonds is 6. The Morgan fingerprint density at radius 3 is 2.27 bits per heavy atom. The molecule has 0 radical (unpaired) electrons. The number of nitrogens with zero attached hydrogens (tertiary/aromatic N) is 2. The smallest absolute Gasteiger partial charge is 0.266 e. The van der Waals surface area contributed by atoms with Crippen molar-refractivity contribution in [2.45, 2.75) is 44.9 Å². The molecule has 1 aromatic heterocycles. The molecule has 2 N–H and O–H groups in total. The zero-order valence-corrected chi connectivity index (χ0v) is 23.3. The molecule has 1 saturated carbocycles. The quantitative estimate of drug-likeness (QED) is 0.249. The van der Waals surface area contributed by atoms with Crippen molar-refractivity contribution in [2.24, 2.45) is 0 Å². The van der Waals surface area contributed by atoms with Crippen LogP contribution in [0.4, 0.5) is 16.5 Å². The van der Waals surface area contributed by atoms with Gasteiger partial charge in [0.25, 0.3) is 17.7 Å². The van der Waals surface area contributed by atoms with Gasteiger partial charge in [-0.2, -0.15) is 0 Å². The Balaban J connectivity index is 1.14. The molecule has 4 amide bonds. The molecule has 1 aliphatic heterocycles. The van der Waals surface area contributed by atoms with E-state index in [0.717, 1.165) is 16.2 Å². The summed E-state index contributed by atoms with van der Waals surface area (Å²) in [7, 11) is 0. The number of imide groups is 1. The van der Waals surface area contributed by atoms with Gasteiger partial charge in [-0.05, 0) is 66.8 Å². The summed E-state index contributed by atoms with van der Waals surface area (Å²) in [6.07, 6.45) is 6.42. The average Bonchev–Trinajstić information content (AvgIpc) is 3.55. The number of nitrogens with one attached hydrogen (secondary N) is 2. The molecule has 0 unspecified atom stereocenters. The molecule has 1 aliphatic carbocycles. The van der Waals surface area contributed by atoms with E-state index >= 15 is 0 Å². The monoisotopic (exact) mass is 564 g/mol. The molecule has 6 rings (SSSR count). The van der Waals surface area contributed by atoms with Crippen molar-refractivity contribution in [3.63, 3.8) is 0 Å². The van der Waals surface area contributed by atoms with Crippen LogP contribution in [0.15, 0.2) is 72.1 Å². The number of fused-ring (bicyclic) bond motifs is 1. The maximum absolute atomic E-state index is 13.2. The highest BCUT2D eigenvalue weighted by Gasteiger charge is 2.37. The predicted octanol–water partition coefficient (Wildman–Crippen LogP) is 6.87. The summed E-state index contributed by atoms with van der Waals surface area (Å²) in [4.78, 5) is 56.2. The lowest BCUT2D eigenvalue weighted by atomic mass is 9.84. The third-order valence-electron chi connectivity index (χ3n) is 7.60. The fourth-order valence-electron chi connectivity index (χ4n) is 5.51. The third kappa shape index (κ3) is 5.40. The largest absolute Gasteiger partial charge is 0.326 e. The van der Waals surface area contributed by atoms with E-state index in [1.807, 2.05) is 5.38 Å². The molecule has 3 aromatic carbocycles. The molecule has 8 nitrogen and oxygen atoms in total. The summed E-state index contributed by atoms with van der Waals surface area (Å²) >= 11 is 1.33. The number of anilines is 3. The van der Waals surface area contributed by atoms with E-state index in [1.54, 1.807) is 24.3 Å². The number of hydrogen-bond acceptors (Lipinski definition) is 6. The number of carbonyl (C=O) groups is 4. The van der Waals surface area contributed by atoms with Gasteiger partial charge in [0.2, 0.25) is 5.91 Å². The molecule has 41 heavy (non-hydrogen) atoms.